The van der Waals surface area contributed by atoms with Crippen molar-refractivity contribution in [1.29, 1.82) is 0 Å². The van der Waals surface area contributed by atoms with Crippen LogP contribution in [0.25, 0.3) is 0 Å². The first kappa shape index (κ1) is 24.4. The van der Waals surface area contributed by atoms with E-state index >= 15 is 0 Å². The molecule has 0 atom stereocenters. The highest BCUT2D eigenvalue weighted by atomic mass is 32.2. The van der Waals surface area contributed by atoms with E-state index < -0.39 is 0 Å². The molecule has 0 saturated carbocycles. The van der Waals surface area contributed by atoms with Crippen molar-refractivity contribution < 1.29 is 9.59 Å². The zero-order chi connectivity index (χ0) is 24.6. The molecule has 4 aromatic rings. The van der Waals surface area contributed by atoms with Gasteiger partial charge in [-0.05, 0) is 97.1 Å². The average Bonchev–Trinajstić information content (AvgIpc) is 2.83. The van der Waals surface area contributed by atoms with Gasteiger partial charge < -0.3 is 16.0 Å². The quantitative estimate of drug-likeness (QED) is 0.211. The molecule has 0 aromatic heterocycles. The number of hydrogen-bond acceptors (Lipinski definition) is 7. The lowest BCUT2D eigenvalue weighted by Gasteiger charge is -2.11. The second-order valence-corrected chi connectivity index (χ2v) is 10.3. The van der Waals surface area contributed by atoms with Crippen LogP contribution in [0.15, 0.2) is 107 Å². The van der Waals surface area contributed by atoms with E-state index in [0.29, 0.717) is 0 Å². The van der Waals surface area contributed by atoms with Crippen LogP contribution in [0.3, 0.4) is 0 Å². The Hall–Kier alpha value is -3.68. The van der Waals surface area contributed by atoms with Crippen LogP contribution in [0.1, 0.15) is 13.8 Å². The number of nitrogens with one attached hydrogen (secondary N) is 3. The average molecular weight is 500 g/mol. The monoisotopic (exact) mass is 499 g/mol. The number of rotatable bonds is 8. The van der Waals surface area contributed by atoms with Gasteiger partial charge in [0.2, 0.25) is 0 Å². The van der Waals surface area contributed by atoms with E-state index in [1.54, 1.807) is 13.8 Å². The highest BCUT2D eigenvalue weighted by Gasteiger charge is 2.02. The van der Waals surface area contributed by atoms with Gasteiger partial charge in [0, 0.05) is 57.8 Å². The Balaban J connectivity index is 1.30. The molecule has 0 heterocycles. The van der Waals surface area contributed by atoms with Crippen LogP contribution in [0.5, 0.6) is 0 Å². The molecule has 4 rings (SSSR count). The molecular formula is C28H25N3O2S2. The molecule has 0 bridgehead atoms. The van der Waals surface area contributed by atoms with Crippen LogP contribution in [-0.4, -0.2) is 10.2 Å². The molecule has 0 radical (unpaired) electrons. The molecule has 0 unspecified atom stereocenters. The summed E-state index contributed by atoms with van der Waals surface area (Å²) in [6, 6.07) is 31.8. The number of hydrogen-bond donors (Lipinski definition) is 3. The molecule has 3 N–H and O–H groups in total. The number of anilines is 6. The van der Waals surface area contributed by atoms with Crippen LogP contribution in [0.4, 0.5) is 34.1 Å². The zero-order valence-corrected chi connectivity index (χ0v) is 21.0. The SMILES string of the molecule is CC(=O)Sc1ccc(Nc2ccc(Nc3ccc(Nc4ccc(SC(C)=O)cc4)cc3)cc2)cc1. The Labute approximate surface area is 213 Å². The van der Waals surface area contributed by atoms with Crippen LogP contribution in [-0.2, 0) is 9.59 Å². The summed E-state index contributed by atoms with van der Waals surface area (Å²) < 4.78 is 0. The van der Waals surface area contributed by atoms with Crippen molar-refractivity contribution in [2.45, 2.75) is 23.6 Å². The highest BCUT2D eigenvalue weighted by molar-refractivity contribution is 8.13. The third-order valence-electron chi connectivity index (χ3n) is 4.87. The van der Waals surface area contributed by atoms with E-state index in [4.69, 9.17) is 0 Å². The maximum atomic E-state index is 11.2. The van der Waals surface area contributed by atoms with Gasteiger partial charge in [-0.25, -0.2) is 0 Å². The summed E-state index contributed by atoms with van der Waals surface area (Å²) >= 11 is 2.46. The number of benzene rings is 4. The van der Waals surface area contributed by atoms with E-state index in [-0.39, 0.29) is 10.2 Å². The van der Waals surface area contributed by atoms with Crippen LogP contribution >= 0.6 is 23.5 Å². The standard InChI is InChI=1S/C28H25N3O2S2/c1-19(32)34-27-15-11-25(12-16-27)30-23-7-3-21(4-8-23)29-22-5-9-24(10-6-22)31-26-13-17-28(18-14-26)35-20(2)33/h3-18,29-31H,1-2H3. The van der Waals surface area contributed by atoms with Crippen molar-refractivity contribution in [3.05, 3.63) is 97.1 Å². The fourth-order valence-electron chi connectivity index (χ4n) is 3.32. The number of thioether (sulfide) groups is 2. The van der Waals surface area contributed by atoms with Gasteiger partial charge in [0.25, 0.3) is 0 Å². The first-order chi connectivity index (χ1) is 16.9. The maximum Gasteiger partial charge on any atom is 0.190 e. The minimum atomic E-state index is 0.0794. The van der Waals surface area contributed by atoms with Crippen molar-refractivity contribution in [2.75, 3.05) is 16.0 Å². The number of carbonyl (C=O) groups is 2. The van der Waals surface area contributed by atoms with E-state index in [0.717, 1.165) is 43.9 Å². The smallest absolute Gasteiger partial charge is 0.190 e. The predicted molar refractivity (Wildman–Crippen MR) is 149 cm³/mol. The summed E-state index contributed by atoms with van der Waals surface area (Å²) in [6.07, 6.45) is 0. The Kier molecular flexibility index (Phi) is 8.13. The molecule has 0 spiro atoms. The Morgan fingerprint density at radius 2 is 0.629 bits per heavy atom. The predicted octanol–water partition coefficient (Wildman–Crippen LogP) is 8.19. The van der Waals surface area contributed by atoms with Crippen molar-refractivity contribution >= 4 is 67.9 Å². The molecule has 0 aliphatic heterocycles. The molecule has 35 heavy (non-hydrogen) atoms. The van der Waals surface area contributed by atoms with E-state index in [1.165, 1.54) is 23.5 Å². The largest absolute Gasteiger partial charge is 0.356 e. The third-order valence-corrected chi connectivity index (χ3v) is 6.46. The topological polar surface area (TPSA) is 70.2 Å². The molecular weight excluding hydrogens is 474 g/mol. The van der Waals surface area contributed by atoms with Crippen LogP contribution in [0, 0.1) is 0 Å². The van der Waals surface area contributed by atoms with Gasteiger partial charge in [-0.3, -0.25) is 9.59 Å². The zero-order valence-electron chi connectivity index (χ0n) is 19.4. The molecule has 0 aliphatic rings. The van der Waals surface area contributed by atoms with E-state index in [2.05, 4.69) is 16.0 Å². The molecule has 176 valence electrons. The molecule has 5 nitrogen and oxygen atoms in total. The first-order valence-electron chi connectivity index (χ1n) is 11.0. The summed E-state index contributed by atoms with van der Waals surface area (Å²) in [5, 5.41) is 10.3. The van der Waals surface area contributed by atoms with Crippen LogP contribution < -0.4 is 16.0 Å². The summed E-state index contributed by atoms with van der Waals surface area (Å²) in [7, 11) is 0. The minimum Gasteiger partial charge on any atom is -0.356 e. The van der Waals surface area contributed by atoms with Crippen LogP contribution in [0.2, 0.25) is 0 Å². The van der Waals surface area contributed by atoms with Gasteiger partial charge in [0.15, 0.2) is 10.2 Å². The van der Waals surface area contributed by atoms with Gasteiger partial charge in [-0.15, -0.1) is 0 Å². The Bertz CT molecular complexity index is 1190. The maximum absolute atomic E-state index is 11.2. The van der Waals surface area contributed by atoms with Gasteiger partial charge in [-0.1, -0.05) is 23.5 Å². The lowest BCUT2D eigenvalue weighted by molar-refractivity contribution is -0.109. The molecule has 7 heteroatoms. The Morgan fingerprint density at radius 3 is 0.829 bits per heavy atom. The summed E-state index contributed by atoms with van der Waals surface area (Å²) in [6.45, 7) is 3.13. The van der Waals surface area contributed by atoms with Crippen molar-refractivity contribution in [3.63, 3.8) is 0 Å². The Morgan fingerprint density at radius 1 is 0.429 bits per heavy atom. The molecule has 0 saturated heterocycles. The molecule has 4 aromatic carbocycles. The van der Waals surface area contributed by atoms with E-state index in [9.17, 15) is 9.59 Å². The lowest BCUT2D eigenvalue weighted by Crippen LogP contribution is -1.94. The lowest BCUT2D eigenvalue weighted by atomic mass is 10.2. The molecule has 0 amide bonds. The first-order valence-corrected chi connectivity index (χ1v) is 12.6. The third kappa shape index (κ3) is 7.67. The fraction of sp³-hybridized carbons (Fsp3) is 0.0714. The normalized spacial score (nSPS) is 10.5. The van der Waals surface area contributed by atoms with Crippen molar-refractivity contribution in [2.24, 2.45) is 0 Å². The van der Waals surface area contributed by atoms with Gasteiger partial charge >= 0.3 is 0 Å². The molecule has 0 aliphatic carbocycles. The van der Waals surface area contributed by atoms with E-state index in [1.807, 2.05) is 97.1 Å². The van der Waals surface area contributed by atoms with Crippen molar-refractivity contribution in [3.8, 4) is 0 Å². The van der Waals surface area contributed by atoms with Crippen molar-refractivity contribution in [1.82, 2.24) is 0 Å². The minimum absolute atomic E-state index is 0.0794. The fourth-order valence-corrected chi connectivity index (χ4v) is 4.53. The number of carbonyl (C=O) groups excluding carboxylic acids is 2. The molecule has 0 fully saturated rings. The van der Waals surface area contributed by atoms with Gasteiger partial charge in [0.1, 0.15) is 0 Å². The van der Waals surface area contributed by atoms with Gasteiger partial charge in [0.05, 0.1) is 0 Å². The summed E-state index contributed by atoms with van der Waals surface area (Å²) in [5.41, 5.74) is 5.87. The second kappa shape index (κ2) is 11.6. The highest BCUT2D eigenvalue weighted by Crippen LogP contribution is 2.26. The summed E-state index contributed by atoms with van der Waals surface area (Å²) in [4.78, 5) is 24.3. The second-order valence-electron chi connectivity index (χ2n) is 7.77. The summed E-state index contributed by atoms with van der Waals surface area (Å²) in [5.74, 6) is 0. The van der Waals surface area contributed by atoms with Gasteiger partial charge in [-0.2, -0.15) is 0 Å².